The molecule has 0 aliphatic heterocycles. The Kier molecular flexibility index (Phi) is 5.32. The highest BCUT2D eigenvalue weighted by Crippen LogP contribution is 2.29. The van der Waals surface area contributed by atoms with Crippen molar-refractivity contribution in [3.8, 4) is 0 Å². The summed E-state index contributed by atoms with van der Waals surface area (Å²) in [7, 11) is 0. The van der Waals surface area contributed by atoms with Gasteiger partial charge in [0.2, 0.25) is 0 Å². The van der Waals surface area contributed by atoms with E-state index in [1.54, 1.807) is 45.2 Å². The van der Waals surface area contributed by atoms with Gasteiger partial charge in [-0.15, -0.1) is 0 Å². The van der Waals surface area contributed by atoms with Crippen LogP contribution in [0.15, 0.2) is 48.7 Å². The summed E-state index contributed by atoms with van der Waals surface area (Å²) >= 11 is 1.28. The molecule has 0 saturated carbocycles. The number of carbonyl (C=O) groups is 2. The second kappa shape index (κ2) is 7.96. The monoisotopic (exact) mass is 434 g/mol. The van der Waals surface area contributed by atoms with Crippen LogP contribution in [0.5, 0.6) is 0 Å². The SMILES string of the molecule is Cc1ccc2ncccc2c1NC(=O)c1ccc2nc(NC(=O)OC(C)(C)C)sc2c1. The Hall–Kier alpha value is -3.52. The van der Waals surface area contributed by atoms with Gasteiger partial charge in [-0.3, -0.25) is 15.1 Å². The number of nitrogens with zero attached hydrogens (tertiary/aromatic N) is 2. The van der Waals surface area contributed by atoms with E-state index >= 15 is 0 Å². The van der Waals surface area contributed by atoms with E-state index in [1.807, 2.05) is 31.2 Å². The number of thiazole rings is 1. The van der Waals surface area contributed by atoms with Crippen LogP contribution in [0.4, 0.5) is 15.6 Å². The maximum absolute atomic E-state index is 13.0. The van der Waals surface area contributed by atoms with E-state index in [0.29, 0.717) is 16.2 Å². The van der Waals surface area contributed by atoms with Crippen LogP contribution in [0.2, 0.25) is 0 Å². The normalized spacial score (nSPS) is 11.5. The molecule has 0 atom stereocenters. The Morgan fingerprint density at radius 1 is 1.03 bits per heavy atom. The number of anilines is 2. The van der Waals surface area contributed by atoms with Crippen LogP contribution in [0.3, 0.4) is 0 Å². The van der Waals surface area contributed by atoms with Gasteiger partial charge in [0.05, 0.1) is 21.4 Å². The number of fused-ring (bicyclic) bond motifs is 2. The number of carbonyl (C=O) groups excluding carboxylic acids is 2. The number of ether oxygens (including phenoxy) is 1. The number of hydrogen-bond donors (Lipinski definition) is 2. The van der Waals surface area contributed by atoms with E-state index in [4.69, 9.17) is 4.74 Å². The quantitative estimate of drug-likeness (QED) is 0.428. The fourth-order valence-corrected chi connectivity index (χ4v) is 4.01. The van der Waals surface area contributed by atoms with Crippen molar-refractivity contribution >= 4 is 55.3 Å². The summed E-state index contributed by atoms with van der Waals surface area (Å²) in [6, 6.07) is 12.9. The van der Waals surface area contributed by atoms with Gasteiger partial charge in [-0.25, -0.2) is 9.78 Å². The summed E-state index contributed by atoms with van der Waals surface area (Å²) in [5, 5.41) is 6.96. The molecule has 7 nitrogen and oxygen atoms in total. The second-order valence-corrected chi connectivity index (χ2v) is 9.14. The molecule has 2 amide bonds. The molecule has 2 N–H and O–H groups in total. The van der Waals surface area contributed by atoms with Gasteiger partial charge in [0, 0.05) is 17.1 Å². The van der Waals surface area contributed by atoms with Gasteiger partial charge >= 0.3 is 6.09 Å². The van der Waals surface area contributed by atoms with E-state index in [-0.39, 0.29) is 5.91 Å². The topological polar surface area (TPSA) is 93.2 Å². The van der Waals surface area contributed by atoms with Gasteiger partial charge in [-0.1, -0.05) is 17.4 Å². The Labute approximate surface area is 183 Å². The predicted molar refractivity (Wildman–Crippen MR) is 124 cm³/mol. The molecular weight excluding hydrogens is 412 g/mol. The molecule has 0 bridgehead atoms. The third kappa shape index (κ3) is 4.64. The van der Waals surface area contributed by atoms with Crippen molar-refractivity contribution in [1.82, 2.24) is 9.97 Å². The number of nitrogens with one attached hydrogen (secondary N) is 2. The lowest BCUT2D eigenvalue weighted by molar-refractivity contribution is 0.0635. The average Bonchev–Trinajstić information content (AvgIpc) is 3.09. The molecule has 0 aliphatic rings. The third-order valence-corrected chi connectivity index (χ3v) is 5.42. The van der Waals surface area contributed by atoms with Crippen LogP contribution >= 0.6 is 11.3 Å². The zero-order valence-electron chi connectivity index (χ0n) is 17.6. The van der Waals surface area contributed by atoms with E-state index in [0.717, 1.165) is 26.9 Å². The lowest BCUT2D eigenvalue weighted by Crippen LogP contribution is -2.27. The van der Waals surface area contributed by atoms with Gasteiger partial charge < -0.3 is 10.1 Å². The smallest absolute Gasteiger partial charge is 0.413 e. The van der Waals surface area contributed by atoms with Crippen molar-refractivity contribution < 1.29 is 14.3 Å². The van der Waals surface area contributed by atoms with Crippen molar-refractivity contribution in [3.05, 3.63) is 59.8 Å². The van der Waals surface area contributed by atoms with Gasteiger partial charge in [0.15, 0.2) is 5.13 Å². The number of benzene rings is 2. The van der Waals surface area contributed by atoms with Crippen molar-refractivity contribution in [2.45, 2.75) is 33.3 Å². The first-order valence-corrected chi connectivity index (χ1v) is 10.6. The molecule has 158 valence electrons. The maximum atomic E-state index is 13.0. The number of pyridine rings is 1. The minimum absolute atomic E-state index is 0.226. The number of aryl methyl sites for hydroxylation is 1. The Balaban J connectivity index is 1.57. The molecule has 0 aliphatic carbocycles. The lowest BCUT2D eigenvalue weighted by Gasteiger charge is -2.18. The van der Waals surface area contributed by atoms with Gasteiger partial charge in [0.1, 0.15) is 5.60 Å². The Bertz CT molecular complexity index is 1310. The summed E-state index contributed by atoms with van der Waals surface area (Å²) < 4.78 is 6.05. The molecule has 0 fully saturated rings. The molecule has 2 heterocycles. The molecule has 4 rings (SSSR count). The Morgan fingerprint density at radius 2 is 1.81 bits per heavy atom. The van der Waals surface area contributed by atoms with Crippen LogP contribution in [0.1, 0.15) is 36.7 Å². The largest absolute Gasteiger partial charge is 0.444 e. The summed E-state index contributed by atoms with van der Waals surface area (Å²) in [5.74, 6) is -0.226. The van der Waals surface area contributed by atoms with Crippen LogP contribution in [-0.4, -0.2) is 27.6 Å². The molecule has 0 radical (unpaired) electrons. The molecule has 0 unspecified atom stereocenters. The van der Waals surface area contributed by atoms with E-state index in [2.05, 4.69) is 20.6 Å². The summed E-state index contributed by atoms with van der Waals surface area (Å²) in [5.41, 5.74) is 3.11. The van der Waals surface area contributed by atoms with E-state index < -0.39 is 11.7 Å². The predicted octanol–water partition coefficient (Wildman–Crippen LogP) is 5.75. The first-order chi connectivity index (χ1) is 14.7. The highest BCUT2D eigenvalue weighted by molar-refractivity contribution is 7.22. The maximum Gasteiger partial charge on any atom is 0.413 e. The molecule has 0 spiro atoms. The third-order valence-electron chi connectivity index (χ3n) is 4.49. The summed E-state index contributed by atoms with van der Waals surface area (Å²) in [6.45, 7) is 7.33. The minimum atomic E-state index is -0.596. The second-order valence-electron chi connectivity index (χ2n) is 8.11. The lowest BCUT2D eigenvalue weighted by atomic mass is 10.1. The van der Waals surface area contributed by atoms with Gasteiger partial charge in [-0.2, -0.15) is 0 Å². The molecular formula is C23H22N4O3S. The number of amides is 2. The van der Waals surface area contributed by atoms with Crippen LogP contribution in [-0.2, 0) is 4.74 Å². The van der Waals surface area contributed by atoms with E-state index in [9.17, 15) is 9.59 Å². The molecule has 0 saturated heterocycles. The molecule has 31 heavy (non-hydrogen) atoms. The number of aromatic nitrogens is 2. The standard InChI is InChI=1S/C23H22N4O3S/c1-13-7-9-16-15(6-5-11-24-16)19(13)26-20(28)14-8-10-17-18(12-14)31-21(25-17)27-22(29)30-23(2,3)4/h5-12H,1-4H3,(H,26,28)(H,25,27,29). The fraction of sp³-hybridized carbons (Fsp3) is 0.217. The zero-order chi connectivity index (χ0) is 22.2. The van der Waals surface area contributed by atoms with Gasteiger partial charge in [-0.05, 0) is 69.7 Å². The summed E-state index contributed by atoms with van der Waals surface area (Å²) in [6.07, 6.45) is 1.16. The first kappa shape index (κ1) is 20.7. The van der Waals surface area contributed by atoms with Crippen LogP contribution < -0.4 is 10.6 Å². The number of hydrogen-bond acceptors (Lipinski definition) is 6. The molecule has 8 heteroatoms. The van der Waals surface area contributed by atoms with Crippen LogP contribution in [0.25, 0.3) is 21.1 Å². The fourth-order valence-electron chi connectivity index (χ4n) is 3.12. The number of rotatable bonds is 3. The van der Waals surface area contributed by atoms with E-state index in [1.165, 1.54) is 11.3 Å². The zero-order valence-corrected chi connectivity index (χ0v) is 18.5. The van der Waals surface area contributed by atoms with Crippen molar-refractivity contribution in [2.24, 2.45) is 0 Å². The van der Waals surface area contributed by atoms with Crippen LogP contribution in [0, 0.1) is 6.92 Å². The highest BCUT2D eigenvalue weighted by Gasteiger charge is 2.18. The van der Waals surface area contributed by atoms with Crippen molar-refractivity contribution in [3.63, 3.8) is 0 Å². The molecule has 2 aromatic carbocycles. The first-order valence-electron chi connectivity index (χ1n) is 9.76. The molecule has 2 aromatic heterocycles. The van der Waals surface area contributed by atoms with Gasteiger partial charge in [0.25, 0.3) is 5.91 Å². The molecule has 4 aromatic rings. The minimum Gasteiger partial charge on any atom is -0.444 e. The summed E-state index contributed by atoms with van der Waals surface area (Å²) in [4.78, 5) is 33.7. The average molecular weight is 435 g/mol. The van der Waals surface area contributed by atoms with Crippen molar-refractivity contribution in [1.29, 1.82) is 0 Å². The Morgan fingerprint density at radius 3 is 2.58 bits per heavy atom. The van der Waals surface area contributed by atoms with Crippen molar-refractivity contribution in [2.75, 3.05) is 10.6 Å². The highest BCUT2D eigenvalue weighted by atomic mass is 32.1.